The Morgan fingerprint density at radius 3 is 2.00 bits per heavy atom. The maximum Gasteiger partial charge on any atom is 0.0672 e. The molecule has 0 saturated heterocycles. The molecule has 1 aromatic carbocycles. The zero-order valence-corrected chi connectivity index (χ0v) is 9.67. The topological polar surface area (TPSA) is 0 Å². The molecule has 0 amide bonds. The van der Waals surface area contributed by atoms with Gasteiger partial charge in [-0.3, -0.25) is 0 Å². The van der Waals surface area contributed by atoms with E-state index < -0.39 is 0 Å². The zero-order chi connectivity index (χ0) is 8.65. The summed E-state index contributed by atoms with van der Waals surface area (Å²) in [7, 11) is 0. The maximum absolute atomic E-state index is 5.14. The highest BCUT2D eigenvalue weighted by molar-refractivity contribution is 8.03. The Morgan fingerprint density at radius 2 is 1.73 bits per heavy atom. The van der Waals surface area contributed by atoms with Crippen LogP contribution in [0.15, 0.2) is 9.79 Å². The number of rotatable bonds is 2. The van der Waals surface area contributed by atoms with Crippen molar-refractivity contribution in [2.75, 3.05) is 6.26 Å². The summed E-state index contributed by atoms with van der Waals surface area (Å²) < 4.78 is 1.40. The fourth-order valence-corrected chi connectivity index (χ4v) is 3.29. The molecule has 62 valence electrons. The van der Waals surface area contributed by atoms with Crippen LogP contribution in [-0.4, -0.2) is 11.0 Å². The highest BCUT2D eigenvalue weighted by Gasteiger charge is 2.23. The summed E-state index contributed by atoms with van der Waals surface area (Å²) in [4.78, 5) is 2.68. The first-order valence-corrected chi connectivity index (χ1v) is 5.92. The average molecular weight is 204 g/mol. The molecular weight excluding hydrogens is 192 g/mol. The predicted octanol–water partition coefficient (Wildman–Crippen LogP) is 3.90. The van der Waals surface area contributed by atoms with Crippen LogP contribution >= 0.6 is 35.7 Å². The summed E-state index contributed by atoms with van der Waals surface area (Å²) in [5.41, 5.74) is 0. The number of thioether (sulfide) groups is 2. The van der Waals surface area contributed by atoms with Gasteiger partial charge in [0.25, 0.3) is 0 Å². The van der Waals surface area contributed by atoms with E-state index in [9.17, 15) is 0 Å². The molecule has 1 aromatic rings. The van der Waals surface area contributed by atoms with Gasteiger partial charge in [-0.1, -0.05) is 33.0 Å². The van der Waals surface area contributed by atoms with Gasteiger partial charge in [0.1, 0.15) is 0 Å². The van der Waals surface area contributed by atoms with Crippen LogP contribution in [0.3, 0.4) is 0 Å². The highest BCUT2D eigenvalue weighted by atomic mass is 32.2. The lowest BCUT2D eigenvalue weighted by molar-refractivity contribution is 0.804. The minimum absolute atomic E-state index is 0.302. The van der Waals surface area contributed by atoms with Gasteiger partial charge >= 0.3 is 0 Å². The largest absolute Gasteiger partial charge is 0.127 e. The monoisotopic (exact) mass is 204 g/mol. The predicted molar refractivity (Wildman–Crippen MR) is 57.0 cm³/mol. The first kappa shape index (κ1) is 9.62. The van der Waals surface area contributed by atoms with Gasteiger partial charge in [0, 0.05) is 14.5 Å². The Morgan fingerprint density at radius 1 is 1.18 bits per heavy atom. The van der Waals surface area contributed by atoms with Crippen LogP contribution in [0.25, 0.3) is 0 Å². The van der Waals surface area contributed by atoms with Gasteiger partial charge in [-0.05, 0) is 6.26 Å². The van der Waals surface area contributed by atoms with Gasteiger partial charge in [0.05, 0.1) is 4.51 Å². The molecule has 0 saturated carbocycles. The second kappa shape index (κ2) is 3.11. The number of hydrogen-bond donors (Lipinski definition) is 0. The molecule has 0 aliphatic rings. The fourth-order valence-electron chi connectivity index (χ4n) is 0.723. The van der Waals surface area contributed by atoms with E-state index in [0.717, 1.165) is 4.51 Å². The fraction of sp³-hybridized carbons (Fsp3) is 0.625. The number of hydrogen-bond acceptors (Lipinski definition) is 3. The van der Waals surface area contributed by atoms with E-state index in [0.29, 0.717) is 4.75 Å². The maximum atomic E-state index is 5.14. The second-order valence-electron chi connectivity index (χ2n) is 3.41. The van der Waals surface area contributed by atoms with Crippen molar-refractivity contribution in [3.05, 3.63) is 4.51 Å². The summed E-state index contributed by atoms with van der Waals surface area (Å²) in [5.74, 6) is 0. The van der Waals surface area contributed by atoms with Crippen molar-refractivity contribution in [1.29, 1.82) is 0 Å². The Labute approximate surface area is 81.8 Å². The van der Waals surface area contributed by atoms with E-state index in [2.05, 4.69) is 27.0 Å². The van der Waals surface area contributed by atoms with Gasteiger partial charge in [-0.15, -0.1) is 23.5 Å². The third kappa shape index (κ3) is 2.49. The van der Waals surface area contributed by atoms with Crippen LogP contribution in [0.2, 0.25) is 0 Å². The van der Waals surface area contributed by atoms with Gasteiger partial charge in [-0.2, -0.15) is 0 Å². The van der Waals surface area contributed by atoms with E-state index >= 15 is 0 Å². The molecule has 0 aromatic heterocycles. The Bertz CT molecular complexity index is 261. The minimum atomic E-state index is 0.302. The molecule has 0 nitrogen and oxygen atoms in total. The van der Waals surface area contributed by atoms with E-state index in [1.165, 1.54) is 9.79 Å². The van der Waals surface area contributed by atoms with Gasteiger partial charge in [0.15, 0.2) is 0 Å². The molecule has 0 spiro atoms. The molecule has 0 N–H and O–H groups in total. The van der Waals surface area contributed by atoms with Crippen LogP contribution in [-0.2, 0) is 0 Å². The average Bonchev–Trinajstić information content (AvgIpc) is 2.38. The first-order valence-electron chi connectivity index (χ1n) is 3.47. The molecule has 0 heterocycles. The molecule has 0 fully saturated rings. The Kier molecular flexibility index (Phi) is 2.72. The molecule has 0 aliphatic heterocycles. The molecule has 0 unspecified atom stereocenters. The van der Waals surface area contributed by atoms with Crippen molar-refractivity contribution in [3.8, 4) is 0 Å². The third-order valence-electron chi connectivity index (χ3n) is 1.17. The van der Waals surface area contributed by atoms with E-state index in [1.54, 1.807) is 11.8 Å². The summed E-state index contributed by atoms with van der Waals surface area (Å²) in [6.07, 6.45) is 2.08. The van der Waals surface area contributed by atoms with E-state index in [4.69, 9.17) is 12.2 Å². The lowest BCUT2D eigenvalue weighted by Crippen LogP contribution is -2.05. The standard InChI is InChI=1S/C8H12S3/c1-8(2,3)11-7-5(9)6(7)10-4/h1-4H3. The summed E-state index contributed by atoms with van der Waals surface area (Å²) in [6.45, 7) is 6.64. The molecule has 11 heavy (non-hydrogen) atoms. The van der Waals surface area contributed by atoms with Crippen molar-refractivity contribution in [2.45, 2.75) is 35.3 Å². The van der Waals surface area contributed by atoms with Crippen LogP contribution in [0.1, 0.15) is 20.8 Å². The lowest BCUT2D eigenvalue weighted by Gasteiger charge is -2.13. The normalized spacial score (nSPS) is 12.7. The molecule has 0 radical (unpaired) electrons. The highest BCUT2D eigenvalue weighted by Crippen LogP contribution is 2.46. The Hall–Kier alpha value is 0.530. The van der Waals surface area contributed by atoms with Crippen molar-refractivity contribution >= 4 is 35.7 Å². The molecule has 0 aliphatic carbocycles. The Balaban J connectivity index is 2.60. The van der Waals surface area contributed by atoms with Gasteiger partial charge in [0.2, 0.25) is 0 Å². The second-order valence-corrected chi connectivity index (χ2v) is 6.47. The minimum Gasteiger partial charge on any atom is -0.127 e. The molecular formula is C8H12S3. The summed E-state index contributed by atoms with van der Waals surface area (Å²) in [5, 5.41) is 0. The van der Waals surface area contributed by atoms with Crippen molar-refractivity contribution in [3.63, 3.8) is 0 Å². The summed E-state index contributed by atoms with van der Waals surface area (Å²) >= 11 is 8.79. The third-order valence-corrected chi connectivity index (χ3v) is 4.01. The first-order chi connectivity index (χ1) is 4.95. The molecule has 0 atom stereocenters. The molecule has 0 bridgehead atoms. The van der Waals surface area contributed by atoms with Crippen molar-refractivity contribution in [2.24, 2.45) is 0 Å². The lowest BCUT2D eigenvalue weighted by atomic mass is 10.3. The smallest absolute Gasteiger partial charge is 0.0672 e. The molecule has 1 rings (SSSR count). The summed E-state index contributed by atoms with van der Waals surface area (Å²) in [6, 6.07) is 0. The SMILES string of the molecule is CSc1c(SC(C)(C)C)c1=S. The quantitative estimate of drug-likeness (QED) is 0.529. The van der Waals surface area contributed by atoms with Crippen LogP contribution in [0.4, 0.5) is 0 Å². The molecule has 3 heteroatoms. The van der Waals surface area contributed by atoms with Crippen LogP contribution in [0.5, 0.6) is 0 Å². The zero-order valence-electron chi connectivity index (χ0n) is 7.22. The van der Waals surface area contributed by atoms with Crippen LogP contribution in [0, 0.1) is 4.51 Å². The van der Waals surface area contributed by atoms with Crippen molar-refractivity contribution < 1.29 is 0 Å². The van der Waals surface area contributed by atoms with E-state index in [1.807, 2.05) is 11.8 Å². The van der Waals surface area contributed by atoms with E-state index in [-0.39, 0.29) is 0 Å². The van der Waals surface area contributed by atoms with Gasteiger partial charge in [-0.25, -0.2) is 0 Å². The van der Waals surface area contributed by atoms with Crippen molar-refractivity contribution in [1.82, 2.24) is 0 Å². The van der Waals surface area contributed by atoms with Crippen LogP contribution < -0.4 is 0 Å². The van der Waals surface area contributed by atoms with Gasteiger partial charge < -0.3 is 0 Å².